The highest BCUT2D eigenvalue weighted by Gasteiger charge is 2.43. The van der Waals surface area contributed by atoms with E-state index in [4.69, 9.17) is 16.3 Å². The Bertz CT molecular complexity index is 983. The summed E-state index contributed by atoms with van der Waals surface area (Å²) in [6, 6.07) is 7.55. The Morgan fingerprint density at radius 2 is 1.81 bits per heavy atom. The lowest BCUT2D eigenvalue weighted by molar-refractivity contribution is -0.125. The minimum absolute atomic E-state index is 0.0477. The van der Waals surface area contributed by atoms with Gasteiger partial charge in [0.25, 0.3) is 0 Å². The van der Waals surface area contributed by atoms with Crippen LogP contribution in [0.1, 0.15) is 25.0 Å². The molecule has 0 fully saturated rings. The Labute approximate surface area is 157 Å². The van der Waals surface area contributed by atoms with E-state index >= 15 is 0 Å². The van der Waals surface area contributed by atoms with E-state index in [1.165, 1.54) is 12.3 Å². The Morgan fingerprint density at radius 1 is 1.12 bits per heavy atom. The lowest BCUT2D eigenvalue weighted by Crippen LogP contribution is -2.29. The van der Waals surface area contributed by atoms with E-state index in [0.29, 0.717) is 10.5 Å². The van der Waals surface area contributed by atoms with Gasteiger partial charge in [0, 0.05) is 17.4 Å². The fourth-order valence-corrected chi connectivity index (χ4v) is 3.87. The molecule has 0 aromatic heterocycles. The van der Waals surface area contributed by atoms with Crippen molar-refractivity contribution in [3.8, 4) is 0 Å². The lowest BCUT2D eigenvalue weighted by atomic mass is 9.92. The van der Waals surface area contributed by atoms with Gasteiger partial charge in [0.15, 0.2) is 5.60 Å². The summed E-state index contributed by atoms with van der Waals surface area (Å²) in [7, 11) is -1.29. The molecule has 136 valence electrons. The van der Waals surface area contributed by atoms with Crippen molar-refractivity contribution in [3.63, 3.8) is 0 Å². The normalized spacial score (nSPS) is 17.4. The molecule has 1 heterocycles. The zero-order valence-electron chi connectivity index (χ0n) is 14.2. The topological polar surface area (TPSA) is 43.4 Å². The van der Waals surface area contributed by atoms with Crippen LogP contribution in [0.15, 0.2) is 41.3 Å². The van der Waals surface area contributed by atoms with Gasteiger partial charge in [-0.3, -0.25) is 9.00 Å². The second-order valence-electron chi connectivity index (χ2n) is 6.37. The SMILES string of the molecule is CS(=O)c1ccc(C2=C(c3cc(F)ccc3F)C(=O)C(C)(C)O2)cc1Cl. The Kier molecular flexibility index (Phi) is 4.75. The molecule has 0 radical (unpaired) electrons. The van der Waals surface area contributed by atoms with Crippen molar-refractivity contribution in [1.82, 2.24) is 0 Å². The Hall–Kier alpha value is -2.05. The van der Waals surface area contributed by atoms with Crippen LogP contribution < -0.4 is 0 Å². The summed E-state index contributed by atoms with van der Waals surface area (Å²) in [4.78, 5) is 13.2. The second-order valence-corrected chi connectivity index (χ2v) is 8.12. The summed E-state index contributed by atoms with van der Waals surface area (Å²) in [5.41, 5.74) is -1.03. The molecule has 0 bridgehead atoms. The summed E-state index contributed by atoms with van der Waals surface area (Å²) < 4.78 is 45.4. The molecule has 2 aromatic rings. The van der Waals surface area contributed by atoms with Gasteiger partial charge in [-0.1, -0.05) is 11.6 Å². The van der Waals surface area contributed by atoms with Crippen LogP contribution in [-0.4, -0.2) is 21.8 Å². The van der Waals surface area contributed by atoms with Crippen LogP contribution in [0.3, 0.4) is 0 Å². The molecule has 1 unspecified atom stereocenters. The molecule has 3 rings (SSSR count). The number of carbonyl (C=O) groups excluding carboxylic acids is 1. The number of carbonyl (C=O) groups is 1. The lowest BCUT2D eigenvalue weighted by Gasteiger charge is -2.18. The zero-order valence-corrected chi connectivity index (χ0v) is 15.8. The van der Waals surface area contributed by atoms with Gasteiger partial charge in [-0.25, -0.2) is 8.78 Å². The summed E-state index contributed by atoms with van der Waals surface area (Å²) in [6.45, 7) is 3.10. The van der Waals surface area contributed by atoms with Crippen LogP contribution in [0, 0.1) is 11.6 Å². The van der Waals surface area contributed by atoms with Gasteiger partial charge in [0.1, 0.15) is 17.4 Å². The largest absolute Gasteiger partial charge is 0.478 e. The maximum atomic E-state index is 14.3. The van der Waals surface area contributed by atoms with Gasteiger partial charge in [0.05, 0.1) is 26.3 Å². The number of Topliss-reactive ketones (excluding diaryl/α,β-unsaturated/α-hetero) is 1. The molecule has 0 N–H and O–H groups in total. The van der Waals surface area contributed by atoms with Crippen molar-refractivity contribution < 1.29 is 22.5 Å². The van der Waals surface area contributed by atoms with E-state index in [1.54, 1.807) is 26.0 Å². The first-order chi connectivity index (χ1) is 12.1. The summed E-state index contributed by atoms with van der Waals surface area (Å²) in [5, 5.41) is 0.232. The third kappa shape index (κ3) is 3.19. The van der Waals surface area contributed by atoms with Crippen LogP contribution in [0.25, 0.3) is 11.3 Å². The zero-order chi connectivity index (χ0) is 19.2. The first-order valence-corrected chi connectivity index (χ1v) is 9.62. The second kappa shape index (κ2) is 6.59. The third-order valence-electron chi connectivity index (χ3n) is 4.06. The summed E-state index contributed by atoms with van der Waals surface area (Å²) >= 11 is 6.17. The average molecular weight is 397 g/mol. The molecular formula is C19H15ClF2O3S. The summed E-state index contributed by atoms with van der Waals surface area (Å²) in [6.07, 6.45) is 1.49. The van der Waals surface area contributed by atoms with Crippen molar-refractivity contribution in [2.24, 2.45) is 0 Å². The van der Waals surface area contributed by atoms with Crippen molar-refractivity contribution in [1.29, 1.82) is 0 Å². The summed E-state index contributed by atoms with van der Waals surface area (Å²) in [5.74, 6) is -1.75. The maximum absolute atomic E-state index is 14.3. The molecule has 3 nitrogen and oxygen atoms in total. The molecule has 0 saturated heterocycles. The highest BCUT2D eigenvalue weighted by atomic mass is 35.5. The van der Waals surface area contributed by atoms with Crippen molar-refractivity contribution in [2.75, 3.05) is 6.26 Å². The molecule has 1 aliphatic heterocycles. The predicted octanol–water partition coefficient (Wildman–Crippen LogP) is 4.60. The van der Waals surface area contributed by atoms with Crippen LogP contribution >= 0.6 is 11.6 Å². The minimum Gasteiger partial charge on any atom is -0.478 e. The smallest absolute Gasteiger partial charge is 0.210 e. The number of rotatable bonds is 3. The Morgan fingerprint density at radius 3 is 2.42 bits per heavy atom. The maximum Gasteiger partial charge on any atom is 0.210 e. The van der Waals surface area contributed by atoms with Gasteiger partial charge in [-0.05, 0) is 50.2 Å². The number of hydrogen-bond donors (Lipinski definition) is 0. The first kappa shape index (κ1) is 18.7. The number of benzene rings is 2. The fourth-order valence-electron chi connectivity index (χ4n) is 2.77. The Balaban J connectivity index is 2.25. The molecule has 26 heavy (non-hydrogen) atoms. The molecule has 0 spiro atoms. The molecule has 0 saturated carbocycles. The number of ether oxygens (including phenoxy) is 1. The predicted molar refractivity (Wildman–Crippen MR) is 97.1 cm³/mol. The van der Waals surface area contributed by atoms with Crippen LogP contribution in [-0.2, 0) is 20.3 Å². The van der Waals surface area contributed by atoms with Gasteiger partial charge < -0.3 is 4.74 Å². The number of hydrogen-bond acceptors (Lipinski definition) is 3. The van der Waals surface area contributed by atoms with E-state index in [-0.39, 0.29) is 21.9 Å². The minimum atomic E-state index is -1.29. The fraction of sp³-hybridized carbons (Fsp3) is 0.211. The van der Waals surface area contributed by atoms with Gasteiger partial charge in [-0.2, -0.15) is 0 Å². The van der Waals surface area contributed by atoms with Gasteiger partial charge in [0.2, 0.25) is 5.78 Å². The average Bonchev–Trinajstić information content (AvgIpc) is 2.79. The van der Waals surface area contributed by atoms with E-state index in [9.17, 15) is 17.8 Å². The molecule has 1 atom stereocenters. The van der Waals surface area contributed by atoms with Gasteiger partial charge >= 0.3 is 0 Å². The van der Waals surface area contributed by atoms with E-state index < -0.39 is 33.8 Å². The van der Waals surface area contributed by atoms with E-state index in [2.05, 4.69) is 0 Å². The van der Waals surface area contributed by atoms with Crippen LogP contribution in [0.5, 0.6) is 0 Å². The van der Waals surface area contributed by atoms with Crippen molar-refractivity contribution >= 4 is 39.5 Å². The third-order valence-corrected chi connectivity index (χ3v) is 5.46. The quantitative estimate of drug-likeness (QED) is 0.761. The first-order valence-electron chi connectivity index (χ1n) is 7.68. The van der Waals surface area contributed by atoms with E-state index in [0.717, 1.165) is 18.2 Å². The highest BCUT2D eigenvalue weighted by Crippen LogP contribution is 2.42. The molecule has 7 heteroatoms. The van der Waals surface area contributed by atoms with E-state index in [1.807, 2.05) is 0 Å². The van der Waals surface area contributed by atoms with Crippen LogP contribution in [0.4, 0.5) is 8.78 Å². The molecule has 0 aliphatic carbocycles. The molecule has 2 aromatic carbocycles. The molecular weight excluding hydrogens is 382 g/mol. The standard InChI is InChI=1S/C19H15ClF2O3S/c1-19(2)18(23)16(12-9-11(21)5-6-14(12)22)17(25-19)10-4-7-15(26(3)24)13(20)8-10/h4-9H,1-3H3. The molecule has 1 aliphatic rings. The van der Waals surface area contributed by atoms with Crippen molar-refractivity contribution in [3.05, 3.63) is 64.2 Å². The van der Waals surface area contributed by atoms with Crippen molar-refractivity contribution in [2.45, 2.75) is 24.3 Å². The van der Waals surface area contributed by atoms with Crippen LogP contribution in [0.2, 0.25) is 5.02 Å². The van der Waals surface area contributed by atoms with Gasteiger partial charge in [-0.15, -0.1) is 0 Å². The monoisotopic (exact) mass is 396 g/mol. The molecule has 0 amide bonds. The number of ketones is 1. The number of halogens is 3. The highest BCUT2D eigenvalue weighted by molar-refractivity contribution is 7.84.